The van der Waals surface area contributed by atoms with Crippen LogP contribution in [0.1, 0.15) is 18.1 Å². The van der Waals surface area contributed by atoms with E-state index in [-0.39, 0.29) is 0 Å². The fourth-order valence-corrected chi connectivity index (χ4v) is 1.32. The minimum Gasteiger partial charge on any atom is -0.316 e. The number of nitrogens with zero attached hydrogens (tertiary/aromatic N) is 2. The Morgan fingerprint density at radius 2 is 1.94 bits per heavy atom. The van der Waals surface area contributed by atoms with Crippen molar-refractivity contribution >= 4 is 12.4 Å². The Bertz CT molecular complexity index is 413. The van der Waals surface area contributed by atoms with Crippen LogP contribution in [0.15, 0.2) is 60.9 Å². The van der Waals surface area contributed by atoms with E-state index in [1.807, 2.05) is 42.3 Å². The van der Waals surface area contributed by atoms with Crippen LogP contribution in [-0.2, 0) is 6.54 Å². The number of aliphatic imine (C=N–C) groups is 1. The van der Waals surface area contributed by atoms with Crippen LogP contribution in [0.4, 0.5) is 0 Å². The van der Waals surface area contributed by atoms with Crippen molar-refractivity contribution in [2.24, 2.45) is 4.99 Å². The lowest BCUT2D eigenvalue weighted by Crippen LogP contribution is -2.05. The molecule has 1 aromatic carbocycles. The fourth-order valence-electron chi connectivity index (χ4n) is 1.32. The van der Waals surface area contributed by atoms with Gasteiger partial charge in [-0.05, 0) is 18.1 Å². The van der Waals surface area contributed by atoms with Crippen LogP contribution in [0, 0.1) is 0 Å². The largest absolute Gasteiger partial charge is 0.316 e. The van der Waals surface area contributed by atoms with Crippen molar-refractivity contribution in [2.75, 3.05) is 0 Å². The van der Waals surface area contributed by atoms with E-state index in [1.54, 1.807) is 12.5 Å². The van der Waals surface area contributed by atoms with Crippen LogP contribution >= 0.6 is 0 Å². The summed E-state index contributed by atoms with van der Waals surface area (Å²) in [6, 6.07) is 8.19. The normalized spacial score (nSPS) is 10.9. The number of rotatable bonds is 6. The van der Waals surface area contributed by atoms with Gasteiger partial charge in [0, 0.05) is 12.4 Å². The molecule has 0 saturated carbocycles. The molecule has 0 heterocycles. The summed E-state index contributed by atoms with van der Waals surface area (Å²) in [7, 11) is 0. The second-order valence-electron chi connectivity index (χ2n) is 3.51. The summed E-state index contributed by atoms with van der Waals surface area (Å²) in [5.41, 5.74) is 2.30. The van der Waals surface area contributed by atoms with Crippen LogP contribution in [0.25, 0.3) is 6.08 Å². The van der Waals surface area contributed by atoms with Gasteiger partial charge in [0.2, 0.25) is 0 Å². The summed E-state index contributed by atoms with van der Waals surface area (Å²) in [5.74, 6) is 0. The molecule has 0 saturated heterocycles. The average Bonchev–Trinajstić information content (AvgIpc) is 2.38. The highest BCUT2D eigenvalue weighted by molar-refractivity contribution is 5.58. The van der Waals surface area contributed by atoms with Gasteiger partial charge in [0.1, 0.15) is 0 Å². The number of hydrogen-bond acceptors (Lipinski definition) is 1. The Kier molecular flexibility index (Phi) is 5.52. The predicted octanol–water partition coefficient (Wildman–Crippen LogP) is 3.84. The van der Waals surface area contributed by atoms with E-state index in [0.717, 1.165) is 5.56 Å². The lowest BCUT2D eigenvalue weighted by atomic mass is 10.1. The summed E-state index contributed by atoms with van der Waals surface area (Å²) in [5, 5.41) is 0. The van der Waals surface area contributed by atoms with Crippen LogP contribution in [-0.4, -0.2) is 11.2 Å². The number of hydrogen-bond donors (Lipinski definition) is 0. The monoisotopic (exact) mass is 226 g/mol. The lowest BCUT2D eigenvalue weighted by Gasteiger charge is -2.06. The Hall–Kier alpha value is -2.09. The Morgan fingerprint density at radius 3 is 2.47 bits per heavy atom. The molecule has 2 nitrogen and oxygen atoms in total. The molecule has 0 atom stereocenters. The highest BCUT2D eigenvalue weighted by Crippen LogP contribution is 2.06. The van der Waals surface area contributed by atoms with Crippen LogP contribution < -0.4 is 0 Å². The average molecular weight is 226 g/mol. The highest BCUT2D eigenvalue weighted by atomic mass is 15.1. The first-order valence-corrected chi connectivity index (χ1v) is 5.54. The molecule has 0 unspecified atom stereocenters. The molecule has 0 aliphatic carbocycles. The zero-order chi connectivity index (χ0) is 12.5. The molecule has 0 amide bonds. The van der Waals surface area contributed by atoms with Gasteiger partial charge in [0.05, 0.1) is 12.9 Å². The van der Waals surface area contributed by atoms with E-state index in [1.165, 1.54) is 5.56 Å². The third kappa shape index (κ3) is 4.51. The molecule has 0 aliphatic rings. The molecule has 0 fully saturated rings. The second-order valence-corrected chi connectivity index (χ2v) is 3.51. The first kappa shape index (κ1) is 13.0. The van der Waals surface area contributed by atoms with Gasteiger partial charge in [-0.3, -0.25) is 4.99 Å². The molecular formula is C15H18N2. The molecule has 0 aliphatic heterocycles. The molecule has 1 aromatic rings. The predicted molar refractivity (Wildman–Crippen MR) is 75.6 cm³/mol. The highest BCUT2D eigenvalue weighted by Gasteiger charge is 1.91. The molecule has 17 heavy (non-hydrogen) atoms. The molecule has 0 aromatic heterocycles. The smallest absolute Gasteiger partial charge is 0.0934 e. The van der Waals surface area contributed by atoms with Crippen molar-refractivity contribution in [1.82, 2.24) is 4.90 Å². The Labute approximate surface area is 103 Å². The van der Waals surface area contributed by atoms with Gasteiger partial charge in [-0.25, -0.2) is 0 Å². The Balaban J connectivity index is 2.56. The van der Waals surface area contributed by atoms with E-state index in [2.05, 4.69) is 30.3 Å². The van der Waals surface area contributed by atoms with Crippen molar-refractivity contribution in [3.8, 4) is 0 Å². The van der Waals surface area contributed by atoms with Crippen molar-refractivity contribution in [2.45, 2.75) is 13.5 Å². The van der Waals surface area contributed by atoms with Crippen molar-refractivity contribution in [3.63, 3.8) is 0 Å². The molecule has 0 spiro atoms. The van der Waals surface area contributed by atoms with E-state index >= 15 is 0 Å². The summed E-state index contributed by atoms with van der Waals surface area (Å²) >= 11 is 0. The van der Waals surface area contributed by atoms with Gasteiger partial charge in [-0.1, -0.05) is 49.6 Å². The molecule has 0 bridgehead atoms. The van der Waals surface area contributed by atoms with E-state index < -0.39 is 0 Å². The van der Waals surface area contributed by atoms with Crippen molar-refractivity contribution in [3.05, 3.63) is 67.0 Å². The maximum absolute atomic E-state index is 4.34. The van der Waals surface area contributed by atoms with Gasteiger partial charge >= 0.3 is 0 Å². The third-order valence-electron chi connectivity index (χ3n) is 2.24. The lowest BCUT2D eigenvalue weighted by molar-refractivity contribution is 0.775. The van der Waals surface area contributed by atoms with E-state index in [4.69, 9.17) is 0 Å². The van der Waals surface area contributed by atoms with Crippen molar-refractivity contribution in [1.29, 1.82) is 0 Å². The van der Waals surface area contributed by atoms with Gasteiger partial charge in [-0.2, -0.15) is 0 Å². The molecule has 1 rings (SSSR count). The fraction of sp³-hybridized carbons (Fsp3) is 0.133. The first-order chi connectivity index (χ1) is 8.30. The zero-order valence-electron chi connectivity index (χ0n) is 10.2. The van der Waals surface area contributed by atoms with Gasteiger partial charge < -0.3 is 4.90 Å². The van der Waals surface area contributed by atoms with Crippen LogP contribution in [0.2, 0.25) is 0 Å². The summed E-state index contributed by atoms with van der Waals surface area (Å²) in [6.45, 7) is 10.0. The number of benzene rings is 1. The minimum atomic E-state index is 0.666. The SMILES string of the molecule is C=Cc1ccc(CN=CN(C=C)/C=C\C)cc1. The van der Waals surface area contributed by atoms with Gasteiger partial charge in [0.15, 0.2) is 0 Å². The standard InChI is InChI=1S/C15H18N2/c1-4-11-17(6-3)13-16-12-15-9-7-14(5-2)8-10-15/h4-11,13H,2-3,12H2,1H3/b11-4-,16-13?. The van der Waals surface area contributed by atoms with E-state index in [0.29, 0.717) is 6.54 Å². The van der Waals surface area contributed by atoms with Crippen LogP contribution in [0.3, 0.4) is 0 Å². The summed E-state index contributed by atoms with van der Waals surface area (Å²) < 4.78 is 0. The minimum absolute atomic E-state index is 0.666. The quantitative estimate of drug-likeness (QED) is 0.531. The molecular weight excluding hydrogens is 208 g/mol. The topological polar surface area (TPSA) is 15.6 Å². The molecule has 0 N–H and O–H groups in total. The summed E-state index contributed by atoms with van der Waals surface area (Å²) in [4.78, 5) is 6.16. The molecule has 2 heteroatoms. The van der Waals surface area contributed by atoms with E-state index in [9.17, 15) is 0 Å². The maximum Gasteiger partial charge on any atom is 0.0934 e. The zero-order valence-corrected chi connectivity index (χ0v) is 10.2. The second kappa shape index (κ2) is 7.23. The maximum atomic E-state index is 4.34. The third-order valence-corrected chi connectivity index (χ3v) is 2.24. The van der Waals surface area contributed by atoms with Gasteiger partial charge in [-0.15, -0.1) is 0 Å². The van der Waals surface area contributed by atoms with Crippen LogP contribution in [0.5, 0.6) is 0 Å². The molecule has 88 valence electrons. The molecule has 0 radical (unpaired) electrons. The van der Waals surface area contributed by atoms with Gasteiger partial charge in [0.25, 0.3) is 0 Å². The van der Waals surface area contributed by atoms with Crippen molar-refractivity contribution < 1.29 is 0 Å². The first-order valence-electron chi connectivity index (χ1n) is 5.54. The summed E-state index contributed by atoms with van der Waals surface area (Å²) in [6.07, 6.45) is 9.14. The number of allylic oxidation sites excluding steroid dienone is 1. The Morgan fingerprint density at radius 1 is 1.24 bits per heavy atom.